The largest absolute Gasteiger partial charge is 0.399 e. The molecule has 3 N–H and O–H groups in total. The van der Waals surface area contributed by atoms with Crippen LogP contribution in [-0.2, 0) is 6.42 Å². The van der Waals surface area contributed by atoms with E-state index in [1.807, 2.05) is 0 Å². The maximum absolute atomic E-state index is 11.8. The molecule has 0 aliphatic carbocycles. The lowest BCUT2D eigenvalue weighted by Crippen LogP contribution is -2.25. The second-order valence-electron chi connectivity index (χ2n) is 4.16. The molecule has 1 heterocycles. The van der Waals surface area contributed by atoms with Gasteiger partial charge in [-0.15, -0.1) is 11.3 Å². The molecule has 3 nitrogen and oxygen atoms in total. The molecule has 0 aliphatic rings. The molecule has 94 valence electrons. The monoisotopic (exact) mass is 260 g/mol. The fourth-order valence-electron chi connectivity index (χ4n) is 1.73. The number of hydrogen-bond acceptors (Lipinski definition) is 3. The van der Waals surface area contributed by atoms with Crippen LogP contribution in [0.25, 0.3) is 0 Å². The van der Waals surface area contributed by atoms with E-state index in [2.05, 4.69) is 23.7 Å². The van der Waals surface area contributed by atoms with Crippen molar-refractivity contribution in [2.24, 2.45) is 0 Å². The molecule has 18 heavy (non-hydrogen) atoms. The summed E-state index contributed by atoms with van der Waals surface area (Å²) in [6.07, 6.45) is 0.873. The molecule has 0 atom stereocenters. The zero-order valence-electron chi connectivity index (χ0n) is 10.3. The van der Waals surface area contributed by atoms with Crippen LogP contribution in [0.3, 0.4) is 0 Å². The van der Waals surface area contributed by atoms with E-state index in [-0.39, 0.29) is 5.91 Å². The molecule has 0 unspecified atom stereocenters. The summed E-state index contributed by atoms with van der Waals surface area (Å²) in [5.41, 5.74) is 8.15. The van der Waals surface area contributed by atoms with E-state index >= 15 is 0 Å². The normalized spacial score (nSPS) is 10.3. The summed E-state index contributed by atoms with van der Waals surface area (Å²) in [5.74, 6) is -0.0727. The minimum Gasteiger partial charge on any atom is -0.399 e. The predicted octanol–water partition coefficient (Wildman–Crippen LogP) is 2.61. The van der Waals surface area contributed by atoms with Crippen LogP contribution >= 0.6 is 11.3 Å². The first-order chi connectivity index (χ1) is 8.66. The zero-order chi connectivity index (χ0) is 13.0. The second kappa shape index (κ2) is 5.69. The molecule has 0 radical (unpaired) electrons. The molecule has 2 rings (SSSR count). The van der Waals surface area contributed by atoms with Gasteiger partial charge in [0.15, 0.2) is 0 Å². The number of benzene rings is 1. The van der Waals surface area contributed by atoms with Crippen molar-refractivity contribution in [1.29, 1.82) is 0 Å². The van der Waals surface area contributed by atoms with Gasteiger partial charge in [-0.05, 0) is 48.6 Å². The van der Waals surface area contributed by atoms with E-state index in [1.165, 1.54) is 10.4 Å². The van der Waals surface area contributed by atoms with Crippen LogP contribution in [-0.4, -0.2) is 12.5 Å². The number of thiophene rings is 1. The van der Waals surface area contributed by atoms with Crippen molar-refractivity contribution in [2.45, 2.75) is 13.3 Å². The summed E-state index contributed by atoms with van der Waals surface area (Å²) in [4.78, 5) is 13.2. The highest BCUT2D eigenvalue weighted by Gasteiger charge is 2.05. The second-order valence-corrected chi connectivity index (χ2v) is 5.16. The van der Waals surface area contributed by atoms with Gasteiger partial charge in [0.2, 0.25) is 0 Å². The fourth-order valence-corrected chi connectivity index (χ4v) is 2.64. The average molecular weight is 260 g/mol. The molecule has 1 amide bonds. The first kappa shape index (κ1) is 12.6. The average Bonchev–Trinajstić information content (AvgIpc) is 2.75. The van der Waals surface area contributed by atoms with Crippen LogP contribution in [0.1, 0.15) is 20.8 Å². The lowest BCUT2D eigenvalue weighted by molar-refractivity contribution is 0.0954. The van der Waals surface area contributed by atoms with Gasteiger partial charge < -0.3 is 11.1 Å². The highest BCUT2D eigenvalue weighted by Crippen LogP contribution is 2.15. The molecule has 0 saturated heterocycles. The van der Waals surface area contributed by atoms with Crippen LogP contribution in [0.2, 0.25) is 0 Å². The maximum atomic E-state index is 11.8. The summed E-state index contributed by atoms with van der Waals surface area (Å²) in [6.45, 7) is 2.74. The van der Waals surface area contributed by atoms with E-state index in [0.29, 0.717) is 17.8 Å². The topological polar surface area (TPSA) is 55.1 Å². The quantitative estimate of drug-likeness (QED) is 0.830. The lowest BCUT2D eigenvalue weighted by atomic mass is 10.2. The number of anilines is 1. The summed E-state index contributed by atoms with van der Waals surface area (Å²) >= 11 is 1.73. The Labute approximate surface area is 111 Å². The van der Waals surface area contributed by atoms with E-state index in [0.717, 1.165) is 6.42 Å². The molecule has 0 bridgehead atoms. The third-order valence-corrected chi connectivity index (χ3v) is 3.84. The van der Waals surface area contributed by atoms with E-state index < -0.39 is 0 Å². The Kier molecular flexibility index (Phi) is 3.99. The minimum atomic E-state index is -0.0727. The molecule has 0 saturated carbocycles. The Morgan fingerprint density at radius 3 is 2.89 bits per heavy atom. The summed E-state index contributed by atoms with van der Waals surface area (Å²) < 4.78 is 0. The van der Waals surface area contributed by atoms with Gasteiger partial charge in [-0.25, -0.2) is 0 Å². The predicted molar refractivity (Wildman–Crippen MR) is 75.9 cm³/mol. The van der Waals surface area contributed by atoms with E-state index in [4.69, 9.17) is 5.73 Å². The highest BCUT2D eigenvalue weighted by molar-refractivity contribution is 7.10. The number of nitrogen functional groups attached to an aromatic ring is 1. The number of carbonyl (C=O) groups excluding carboxylic acids is 1. The highest BCUT2D eigenvalue weighted by atomic mass is 32.1. The Balaban J connectivity index is 1.87. The first-order valence-electron chi connectivity index (χ1n) is 5.83. The van der Waals surface area contributed by atoms with Crippen molar-refractivity contribution in [3.05, 3.63) is 51.7 Å². The zero-order valence-corrected chi connectivity index (χ0v) is 11.1. The Bertz CT molecular complexity index is 548. The van der Waals surface area contributed by atoms with Crippen molar-refractivity contribution < 1.29 is 4.79 Å². The van der Waals surface area contributed by atoms with Crippen LogP contribution in [0.4, 0.5) is 5.69 Å². The number of hydrogen-bond donors (Lipinski definition) is 2. The number of nitrogens with one attached hydrogen (secondary N) is 1. The third kappa shape index (κ3) is 3.11. The van der Waals surface area contributed by atoms with Crippen LogP contribution in [0.5, 0.6) is 0 Å². The Hall–Kier alpha value is -1.81. The van der Waals surface area contributed by atoms with Crippen LogP contribution in [0, 0.1) is 6.92 Å². The van der Waals surface area contributed by atoms with Crippen molar-refractivity contribution in [2.75, 3.05) is 12.3 Å². The number of nitrogens with two attached hydrogens (primary N) is 1. The Morgan fingerprint density at radius 2 is 2.22 bits per heavy atom. The van der Waals surface area contributed by atoms with Gasteiger partial charge in [0.25, 0.3) is 5.91 Å². The van der Waals surface area contributed by atoms with Gasteiger partial charge in [-0.1, -0.05) is 6.07 Å². The Morgan fingerprint density at radius 1 is 1.39 bits per heavy atom. The van der Waals surface area contributed by atoms with Gasteiger partial charge in [-0.3, -0.25) is 4.79 Å². The van der Waals surface area contributed by atoms with Crippen molar-refractivity contribution in [1.82, 2.24) is 5.32 Å². The van der Waals surface area contributed by atoms with Gasteiger partial charge in [0.1, 0.15) is 0 Å². The van der Waals surface area contributed by atoms with Gasteiger partial charge in [0.05, 0.1) is 0 Å². The molecule has 1 aromatic heterocycles. The molecule has 0 aliphatic heterocycles. The summed E-state index contributed by atoms with van der Waals surface area (Å²) in [6, 6.07) is 9.10. The lowest BCUT2D eigenvalue weighted by Gasteiger charge is -2.05. The SMILES string of the molecule is Cc1ccsc1CCNC(=O)c1cccc(N)c1. The number of amides is 1. The number of rotatable bonds is 4. The molecular weight excluding hydrogens is 244 g/mol. The minimum absolute atomic E-state index is 0.0727. The van der Waals surface area contributed by atoms with Gasteiger partial charge in [0, 0.05) is 22.7 Å². The smallest absolute Gasteiger partial charge is 0.251 e. The van der Waals surface area contributed by atoms with Crippen LogP contribution in [0.15, 0.2) is 35.7 Å². The van der Waals surface area contributed by atoms with Crippen molar-refractivity contribution in [3.63, 3.8) is 0 Å². The van der Waals surface area contributed by atoms with Crippen molar-refractivity contribution in [3.8, 4) is 0 Å². The summed E-state index contributed by atoms with van der Waals surface area (Å²) in [7, 11) is 0. The van der Waals surface area contributed by atoms with Crippen LogP contribution < -0.4 is 11.1 Å². The molecule has 0 spiro atoms. The number of aryl methyl sites for hydroxylation is 1. The van der Waals surface area contributed by atoms with Gasteiger partial charge in [-0.2, -0.15) is 0 Å². The summed E-state index contributed by atoms with van der Waals surface area (Å²) in [5, 5.41) is 4.98. The van der Waals surface area contributed by atoms with E-state index in [1.54, 1.807) is 35.6 Å². The van der Waals surface area contributed by atoms with Gasteiger partial charge >= 0.3 is 0 Å². The molecule has 0 fully saturated rings. The maximum Gasteiger partial charge on any atom is 0.251 e. The number of carbonyl (C=O) groups is 1. The molecule has 2 aromatic rings. The molecular formula is C14H16N2OS. The van der Waals surface area contributed by atoms with E-state index in [9.17, 15) is 4.79 Å². The molecule has 4 heteroatoms. The third-order valence-electron chi connectivity index (χ3n) is 2.75. The fraction of sp³-hybridized carbons (Fsp3) is 0.214. The van der Waals surface area contributed by atoms with Crippen molar-refractivity contribution >= 4 is 22.9 Å². The molecule has 1 aromatic carbocycles. The standard InChI is InChI=1S/C14H16N2OS/c1-10-6-8-18-13(10)5-7-16-14(17)11-3-2-4-12(15)9-11/h2-4,6,8-9H,5,7,15H2,1H3,(H,16,17). The first-order valence-corrected chi connectivity index (χ1v) is 6.71.